The van der Waals surface area contributed by atoms with Gasteiger partial charge in [-0.05, 0) is 25.0 Å². The summed E-state index contributed by atoms with van der Waals surface area (Å²) < 4.78 is 12.2. The molecule has 0 spiro atoms. The van der Waals surface area contributed by atoms with E-state index in [0.29, 0.717) is 12.6 Å². The average molecular weight is 331 g/mol. The number of hydrogen-bond acceptors (Lipinski definition) is 6. The Hall–Kier alpha value is -1.34. The van der Waals surface area contributed by atoms with Gasteiger partial charge in [0, 0.05) is 37.0 Å². The van der Waals surface area contributed by atoms with Crippen LogP contribution in [0.4, 0.5) is 0 Å². The van der Waals surface area contributed by atoms with Crippen molar-refractivity contribution < 1.29 is 9.47 Å². The Labute approximate surface area is 140 Å². The van der Waals surface area contributed by atoms with Crippen LogP contribution in [0.5, 0.6) is 0 Å². The monoisotopic (exact) mass is 331 g/mol. The van der Waals surface area contributed by atoms with Crippen LogP contribution in [0.25, 0.3) is 0 Å². The Morgan fingerprint density at radius 1 is 1.30 bits per heavy atom. The normalized spacial score (nSPS) is 27.9. The predicted molar refractivity (Wildman–Crippen MR) is 88.1 cm³/mol. The molecule has 0 radical (unpaired) electrons. The highest BCUT2D eigenvalue weighted by Crippen LogP contribution is 2.32. The van der Waals surface area contributed by atoms with Crippen LogP contribution < -0.4 is 0 Å². The lowest BCUT2D eigenvalue weighted by atomic mass is 10.0. The van der Waals surface area contributed by atoms with Crippen molar-refractivity contribution in [1.82, 2.24) is 14.9 Å². The summed E-state index contributed by atoms with van der Waals surface area (Å²) in [6.07, 6.45) is 6.28. The third kappa shape index (κ3) is 3.45. The van der Waals surface area contributed by atoms with Crippen molar-refractivity contribution in [3.05, 3.63) is 46.7 Å². The molecule has 4 heterocycles. The molecule has 2 aromatic rings. The molecule has 4 rings (SSSR count). The molecule has 0 aliphatic carbocycles. The van der Waals surface area contributed by atoms with Gasteiger partial charge in [0.2, 0.25) is 0 Å². The highest BCUT2D eigenvalue weighted by atomic mass is 32.1. The first-order valence-electron chi connectivity index (χ1n) is 8.16. The van der Waals surface area contributed by atoms with Crippen LogP contribution in [0.3, 0.4) is 0 Å². The second kappa shape index (κ2) is 7.05. The van der Waals surface area contributed by atoms with E-state index in [2.05, 4.69) is 14.9 Å². The largest absolute Gasteiger partial charge is 0.374 e. The minimum absolute atomic E-state index is 0.113. The summed E-state index contributed by atoms with van der Waals surface area (Å²) in [5.74, 6) is 0. The molecule has 0 amide bonds. The van der Waals surface area contributed by atoms with E-state index in [1.165, 1.54) is 11.4 Å². The van der Waals surface area contributed by atoms with Crippen molar-refractivity contribution in [3.63, 3.8) is 0 Å². The molecule has 2 fully saturated rings. The fourth-order valence-corrected chi connectivity index (χ4v) is 4.15. The van der Waals surface area contributed by atoms with Crippen molar-refractivity contribution >= 4 is 11.3 Å². The van der Waals surface area contributed by atoms with E-state index in [9.17, 15) is 0 Å². The zero-order valence-electron chi connectivity index (χ0n) is 13.0. The number of likely N-dealkylation sites (tertiary alicyclic amines) is 1. The quantitative estimate of drug-likeness (QED) is 0.842. The van der Waals surface area contributed by atoms with Crippen LogP contribution in [-0.4, -0.2) is 46.3 Å². The van der Waals surface area contributed by atoms with E-state index in [1.54, 1.807) is 11.3 Å². The number of ether oxygens (including phenoxy) is 2. The van der Waals surface area contributed by atoms with Crippen molar-refractivity contribution in [2.45, 2.75) is 44.2 Å². The zero-order chi connectivity index (χ0) is 15.5. The number of fused-ring (bicyclic) bond motifs is 1. The first kappa shape index (κ1) is 15.2. The molecule has 122 valence electrons. The predicted octanol–water partition coefficient (Wildman–Crippen LogP) is 2.49. The van der Waals surface area contributed by atoms with Gasteiger partial charge >= 0.3 is 0 Å². The average Bonchev–Trinajstić information content (AvgIpc) is 3.23. The Bertz CT molecular complexity index is 608. The summed E-state index contributed by atoms with van der Waals surface area (Å²) in [6.45, 7) is 3.19. The lowest BCUT2D eigenvalue weighted by Gasteiger charge is -2.32. The fourth-order valence-electron chi connectivity index (χ4n) is 3.51. The van der Waals surface area contributed by atoms with Gasteiger partial charge in [-0.2, -0.15) is 0 Å². The maximum absolute atomic E-state index is 6.16. The van der Waals surface area contributed by atoms with Gasteiger partial charge in [-0.25, -0.2) is 4.98 Å². The van der Waals surface area contributed by atoms with Crippen LogP contribution in [0.15, 0.2) is 36.0 Å². The second-order valence-electron chi connectivity index (χ2n) is 6.07. The molecule has 0 bridgehead atoms. The summed E-state index contributed by atoms with van der Waals surface area (Å²) in [5.41, 5.74) is 0.971. The molecule has 2 aromatic heterocycles. The highest BCUT2D eigenvalue weighted by Gasteiger charge is 2.44. The Balaban J connectivity index is 1.42. The molecule has 5 nitrogen and oxygen atoms in total. The van der Waals surface area contributed by atoms with Crippen LogP contribution in [0, 0.1) is 0 Å². The molecule has 2 aliphatic heterocycles. The first-order chi connectivity index (χ1) is 11.4. The molecule has 0 saturated carbocycles. The number of hydrogen-bond donors (Lipinski definition) is 0. The number of nitrogens with zero attached hydrogens (tertiary/aromatic N) is 3. The van der Waals surface area contributed by atoms with Gasteiger partial charge in [-0.3, -0.25) is 9.88 Å². The lowest BCUT2D eigenvalue weighted by molar-refractivity contribution is -0.0824. The Kier molecular flexibility index (Phi) is 4.66. The Morgan fingerprint density at radius 3 is 3.13 bits per heavy atom. The second-order valence-corrected chi connectivity index (χ2v) is 7.05. The van der Waals surface area contributed by atoms with Gasteiger partial charge in [0.25, 0.3) is 0 Å². The van der Waals surface area contributed by atoms with E-state index < -0.39 is 0 Å². The maximum Gasteiger partial charge on any atom is 0.107 e. The molecule has 0 unspecified atom stereocenters. The van der Waals surface area contributed by atoms with Gasteiger partial charge in [-0.15, -0.1) is 11.3 Å². The topological polar surface area (TPSA) is 47.5 Å². The lowest BCUT2D eigenvalue weighted by Crippen LogP contribution is -2.41. The van der Waals surface area contributed by atoms with Crippen molar-refractivity contribution in [2.24, 2.45) is 0 Å². The van der Waals surface area contributed by atoms with E-state index in [0.717, 1.165) is 31.8 Å². The summed E-state index contributed by atoms with van der Waals surface area (Å²) >= 11 is 1.72. The zero-order valence-corrected chi connectivity index (χ0v) is 13.8. The minimum Gasteiger partial charge on any atom is -0.374 e. The van der Waals surface area contributed by atoms with E-state index >= 15 is 0 Å². The molecule has 2 aliphatic rings. The number of pyridine rings is 1. The summed E-state index contributed by atoms with van der Waals surface area (Å²) in [7, 11) is 0. The van der Waals surface area contributed by atoms with Crippen LogP contribution in [0.1, 0.15) is 23.5 Å². The van der Waals surface area contributed by atoms with Gasteiger partial charge < -0.3 is 9.47 Å². The molecule has 3 atom stereocenters. The molecular weight excluding hydrogens is 310 g/mol. The fraction of sp³-hybridized carbons (Fsp3) is 0.529. The molecule has 6 heteroatoms. The molecule has 0 N–H and O–H groups in total. The minimum atomic E-state index is 0.113. The van der Waals surface area contributed by atoms with Gasteiger partial charge in [0.05, 0.1) is 24.9 Å². The van der Waals surface area contributed by atoms with Gasteiger partial charge in [0.1, 0.15) is 11.1 Å². The van der Waals surface area contributed by atoms with Crippen molar-refractivity contribution in [3.8, 4) is 0 Å². The van der Waals surface area contributed by atoms with Gasteiger partial charge in [-0.1, -0.05) is 6.07 Å². The number of rotatable bonds is 5. The van der Waals surface area contributed by atoms with E-state index in [4.69, 9.17) is 9.47 Å². The molecule has 0 aromatic carbocycles. The molecular formula is C17H21N3O2S. The Morgan fingerprint density at radius 2 is 2.30 bits per heavy atom. The maximum atomic E-state index is 6.16. The number of thiazole rings is 1. The third-order valence-electron chi connectivity index (χ3n) is 4.58. The van der Waals surface area contributed by atoms with Crippen LogP contribution in [-0.2, 0) is 22.6 Å². The summed E-state index contributed by atoms with van der Waals surface area (Å²) in [6, 6.07) is 6.37. The summed E-state index contributed by atoms with van der Waals surface area (Å²) in [4.78, 5) is 11.2. The van der Waals surface area contributed by atoms with Crippen LogP contribution in [0.2, 0.25) is 0 Å². The van der Waals surface area contributed by atoms with Crippen molar-refractivity contribution in [1.29, 1.82) is 0 Å². The summed E-state index contributed by atoms with van der Waals surface area (Å²) in [5, 5.41) is 3.20. The smallest absolute Gasteiger partial charge is 0.107 e. The third-order valence-corrected chi connectivity index (χ3v) is 5.34. The first-order valence-corrected chi connectivity index (χ1v) is 9.03. The van der Waals surface area contributed by atoms with Crippen LogP contribution >= 0.6 is 11.3 Å². The standard InChI is InChI=1S/C17H21N3O2S/c1-2-6-18-13(4-1)12-22-15-10-20(11-16-19-7-9-23-16)14-5-3-8-21-17(14)15/h1-2,4,6-7,9,14-15,17H,3,5,8,10-12H2/t14-,15+,17+/m1/s1. The highest BCUT2D eigenvalue weighted by molar-refractivity contribution is 7.09. The molecule has 2 saturated heterocycles. The van der Waals surface area contributed by atoms with E-state index in [-0.39, 0.29) is 12.2 Å². The molecule has 23 heavy (non-hydrogen) atoms. The van der Waals surface area contributed by atoms with Crippen molar-refractivity contribution in [2.75, 3.05) is 13.2 Å². The number of aromatic nitrogens is 2. The SMILES string of the molecule is c1ccc(CO[C@H]2CN(Cc3nccs3)[C@@H]3CCCO[C@H]23)nc1. The van der Waals surface area contributed by atoms with E-state index in [1.807, 2.05) is 36.0 Å². The van der Waals surface area contributed by atoms with Gasteiger partial charge in [0.15, 0.2) is 0 Å².